The van der Waals surface area contributed by atoms with E-state index >= 15 is 4.39 Å². The second-order valence-corrected chi connectivity index (χ2v) is 9.79. The van der Waals surface area contributed by atoms with Gasteiger partial charge in [0.25, 0.3) is 0 Å². The van der Waals surface area contributed by atoms with E-state index in [2.05, 4.69) is 5.32 Å². The van der Waals surface area contributed by atoms with Crippen molar-refractivity contribution in [1.29, 1.82) is 0 Å². The third-order valence-corrected chi connectivity index (χ3v) is 5.67. The second-order valence-electron chi connectivity index (χ2n) is 8.21. The molecule has 0 fully saturated rings. The number of methoxy groups -OCH3 is 2. The quantitative estimate of drug-likeness (QED) is 0.199. The van der Waals surface area contributed by atoms with Crippen LogP contribution >= 0.6 is 0 Å². The molecule has 0 saturated carbocycles. The van der Waals surface area contributed by atoms with Crippen molar-refractivity contribution in [3.8, 4) is 51.0 Å². The van der Waals surface area contributed by atoms with Crippen molar-refractivity contribution < 1.29 is 36.7 Å². The molecule has 0 spiro atoms. The number of hydrogen-bond donors (Lipinski definition) is 3. The maximum Gasteiger partial charge on any atom is 0.306 e. The van der Waals surface area contributed by atoms with Crippen molar-refractivity contribution >= 4 is 15.8 Å². The number of phenols is 2. The van der Waals surface area contributed by atoms with Crippen LogP contribution in [0.5, 0.6) is 28.7 Å². The molecule has 0 aliphatic rings. The van der Waals surface area contributed by atoms with Crippen LogP contribution in [0, 0.1) is 5.82 Å². The average Bonchev–Trinajstić information content (AvgIpc) is 2.79. The Bertz CT molecular complexity index is 1410. The van der Waals surface area contributed by atoms with Gasteiger partial charge in [0, 0.05) is 23.4 Å². The van der Waals surface area contributed by atoms with Crippen molar-refractivity contribution in [1.82, 2.24) is 0 Å². The van der Waals surface area contributed by atoms with Gasteiger partial charge in [0.2, 0.25) is 0 Å². The lowest BCUT2D eigenvalue weighted by Crippen LogP contribution is -2.09. The molecule has 0 heterocycles. The number of rotatable bonds is 9. The summed E-state index contributed by atoms with van der Waals surface area (Å²) in [6.45, 7) is 4.45. The number of halogens is 1. The van der Waals surface area contributed by atoms with Gasteiger partial charge in [-0.2, -0.15) is 8.42 Å². The normalized spacial score (nSPS) is 11.1. The largest absolute Gasteiger partial charge is 0.504 e. The van der Waals surface area contributed by atoms with E-state index in [0.29, 0.717) is 12.2 Å². The third kappa shape index (κ3) is 6.01. The van der Waals surface area contributed by atoms with Gasteiger partial charge in [0.05, 0.1) is 26.0 Å². The molecule has 0 aliphatic heterocycles. The average molecular weight is 518 g/mol. The Morgan fingerprint density at radius 1 is 0.972 bits per heavy atom. The van der Waals surface area contributed by atoms with Gasteiger partial charge in [-0.3, -0.25) is 0 Å². The monoisotopic (exact) mass is 517 g/mol. The highest BCUT2D eigenvalue weighted by molar-refractivity contribution is 7.86. The van der Waals surface area contributed by atoms with Gasteiger partial charge >= 0.3 is 10.1 Å². The minimum absolute atomic E-state index is 0.0621. The Hall–Kier alpha value is -3.92. The minimum atomic E-state index is -4.07. The highest BCUT2D eigenvalue weighted by Gasteiger charge is 2.27. The topological polar surface area (TPSA) is 114 Å². The fraction of sp³-hybridized carbons (Fsp3) is 0.231. The van der Waals surface area contributed by atoms with Crippen LogP contribution in [0.15, 0.2) is 54.1 Å². The number of allylic oxidation sites excluding steroid dienone is 1. The smallest absolute Gasteiger partial charge is 0.306 e. The SMILES string of the molecule is COc1cc(-c2ccc(NCC=C(C)C)cc2F)c(OC)c(OS(C)(=O)=O)c1-c1ccc(O)c(O)c1. The summed E-state index contributed by atoms with van der Waals surface area (Å²) < 4.78 is 56.0. The van der Waals surface area contributed by atoms with Crippen LogP contribution in [0.1, 0.15) is 13.8 Å². The van der Waals surface area contributed by atoms with Crippen LogP contribution in [-0.4, -0.2) is 45.7 Å². The van der Waals surface area contributed by atoms with Crippen LogP contribution in [-0.2, 0) is 10.1 Å². The number of anilines is 1. The van der Waals surface area contributed by atoms with E-state index < -0.39 is 21.7 Å². The number of aromatic hydroxyl groups is 2. The third-order valence-electron chi connectivity index (χ3n) is 5.20. The van der Waals surface area contributed by atoms with Crippen LogP contribution in [0.4, 0.5) is 10.1 Å². The molecule has 0 radical (unpaired) electrons. The zero-order valence-corrected chi connectivity index (χ0v) is 21.4. The summed E-state index contributed by atoms with van der Waals surface area (Å²) in [6, 6.07) is 9.92. The van der Waals surface area contributed by atoms with E-state index in [4.69, 9.17) is 13.7 Å². The molecule has 0 unspecified atom stereocenters. The predicted molar refractivity (Wildman–Crippen MR) is 137 cm³/mol. The number of ether oxygens (including phenoxy) is 2. The van der Waals surface area contributed by atoms with Crippen molar-refractivity contribution in [2.24, 2.45) is 0 Å². The van der Waals surface area contributed by atoms with Crippen molar-refractivity contribution in [3.05, 3.63) is 59.9 Å². The summed E-state index contributed by atoms with van der Waals surface area (Å²) in [5.41, 5.74) is 2.38. The summed E-state index contributed by atoms with van der Waals surface area (Å²) >= 11 is 0. The van der Waals surface area contributed by atoms with Crippen molar-refractivity contribution in [3.63, 3.8) is 0 Å². The Morgan fingerprint density at radius 2 is 1.69 bits per heavy atom. The Labute approximate surface area is 209 Å². The first-order chi connectivity index (χ1) is 16.9. The molecule has 0 atom stereocenters. The van der Waals surface area contributed by atoms with E-state index in [1.54, 1.807) is 6.07 Å². The molecule has 0 saturated heterocycles. The van der Waals surface area contributed by atoms with E-state index in [1.807, 2.05) is 19.9 Å². The maximum absolute atomic E-state index is 15.3. The van der Waals surface area contributed by atoms with E-state index in [1.165, 1.54) is 50.6 Å². The molecule has 3 aromatic carbocycles. The lowest BCUT2D eigenvalue weighted by atomic mass is 9.96. The number of benzene rings is 3. The first kappa shape index (κ1) is 26.7. The van der Waals surface area contributed by atoms with Gasteiger partial charge in [-0.15, -0.1) is 0 Å². The number of nitrogens with one attached hydrogen (secondary N) is 1. The van der Waals surface area contributed by atoms with E-state index in [0.717, 1.165) is 11.8 Å². The van der Waals surface area contributed by atoms with E-state index in [-0.39, 0.29) is 45.3 Å². The van der Waals surface area contributed by atoms with Crippen LogP contribution in [0.3, 0.4) is 0 Å². The minimum Gasteiger partial charge on any atom is -0.504 e. The fourth-order valence-electron chi connectivity index (χ4n) is 3.58. The zero-order valence-electron chi connectivity index (χ0n) is 20.5. The lowest BCUT2D eigenvalue weighted by Gasteiger charge is -2.21. The Kier molecular flexibility index (Phi) is 7.99. The first-order valence-corrected chi connectivity index (χ1v) is 12.6. The molecule has 0 amide bonds. The lowest BCUT2D eigenvalue weighted by molar-refractivity contribution is 0.385. The summed E-state index contributed by atoms with van der Waals surface area (Å²) in [4.78, 5) is 0. The molecule has 3 N–H and O–H groups in total. The molecule has 3 aromatic rings. The maximum atomic E-state index is 15.3. The van der Waals surface area contributed by atoms with Gasteiger partial charge < -0.3 is 29.2 Å². The number of phenolic OH excluding ortho intramolecular Hbond substituents is 2. The molecule has 0 aromatic heterocycles. The molecular formula is C26H28FNO7S. The van der Waals surface area contributed by atoms with Gasteiger partial charge in [0.1, 0.15) is 11.6 Å². The molecule has 0 aliphatic carbocycles. The molecule has 3 rings (SSSR count). The molecule has 192 valence electrons. The molecule has 8 nitrogen and oxygen atoms in total. The highest BCUT2D eigenvalue weighted by atomic mass is 32.2. The Balaban J connectivity index is 2.26. The zero-order chi connectivity index (χ0) is 26.6. The summed E-state index contributed by atoms with van der Waals surface area (Å²) in [6.07, 6.45) is 2.82. The van der Waals surface area contributed by atoms with Crippen molar-refractivity contribution in [2.45, 2.75) is 13.8 Å². The van der Waals surface area contributed by atoms with Gasteiger partial charge in [-0.1, -0.05) is 17.7 Å². The first-order valence-electron chi connectivity index (χ1n) is 10.8. The fourth-order valence-corrected chi connectivity index (χ4v) is 4.04. The van der Waals surface area contributed by atoms with Crippen LogP contribution in [0.2, 0.25) is 0 Å². The molecule has 0 bridgehead atoms. The van der Waals surface area contributed by atoms with Crippen LogP contribution < -0.4 is 19.0 Å². The second kappa shape index (κ2) is 10.8. The highest BCUT2D eigenvalue weighted by Crippen LogP contribution is 2.51. The summed E-state index contributed by atoms with van der Waals surface area (Å²) in [5, 5.41) is 22.8. The summed E-state index contributed by atoms with van der Waals surface area (Å²) in [5.74, 6) is -1.59. The van der Waals surface area contributed by atoms with Crippen molar-refractivity contribution in [2.75, 3.05) is 32.3 Å². The van der Waals surface area contributed by atoms with Gasteiger partial charge in [-0.05, 0) is 55.8 Å². The standard InChI is InChI=1S/C26H28FNO7S/c1-15(2)10-11-28-17-7-8-18(20(27)13-17)19-14-23(33-3)24(16-6-9-21(29)22(30)12-16)26(25(19)34-4)35-36(5,31)32/h6-10,12-14,28-30H,11H2,1-5H3. The van der Waals surface area contributed by atoms with Crippen LogP contribution in [0.25, 0.3) is 22.3 Å². The van der Waals surface area contributed by atoms with Gasteiger partial charge in [0.15, 0.2) is 23.0 Å². The van der Waals surface area contributed by atoms with E-state index in [9.17, 15) is 18.6 Å². The molecular weight excluding hydrogens is 489 g/mol. The van der Waals surface area contributed by atoms with Gasteiger partial charge in [-0.25, -0.2) is 4.39 Å². The number of hydrogen-bond acceptors (Lipinski definition) is 8. The summed E-state index contributed by atoms with van der Waals surface area (Å²) in [7, 11) is -1.42. The Morgan fingerprint density at radius 3 is 2.25 bits per heavy atom. The molecule has 36 heavy (non-hydrogen) atoms. The predicted octanol–water partition coefficient (Wildman–Crippen LogP) is 5.30. The molecule has 10 heteroatoms.